The quantitative estimate of drug-likeness (QED) is 0.317. The molecule has 1 fully saturated rings. The first-order valence-electron chi connectivity index (χ1n) is 7.24. The van der Waals surface area contributed by atoms with Crippen LogP contribution in [0.25, 0.3) is 0 Å². The molecule has 0 bridgehead atoms. The van der Waals surface area contributed by atoms with Crippen LogP contribution in [0, 0.1) is 0 Å². The number of hydrogen-bond acceptors (Lipinski definition) is 10. The molecule has 0 unspecified atom stereocenters. The number of amides is 1. The van der Waals surface area contributed by atoms with E-state index in [4.69, 9.17) is 4.74 Å². The van der Waals surface area contributed by atoms with Gasteiger partial charge in [-0.3, -0.25) is 14.1 Å². The monoisotopic (exact) mass is 408 g/mol. The Morgan fingerprint density at radius 3 is 2.69 bits per heavy atom. The van der Waals surface area contributed by atoms with E-state index < -0.39 is 40.2 Å². The highest BCUT2D eigenvalue weighted by molar-refractivity contribution is 8.00. The molecule has 1 aromatic rings. The Labute approximate surface area is 152 Å². The number of esters is 2. The van der Waals surface area contributed by atoms with E-state index >= 15 is 0 Å². The van der Waals surface area contributed by atoms with Crippen LogP contribution in [0.4, 0.5) is 0 Å². The summed E-state index contributed by atoms with van der Waals surface area (Å²) in [6.45, 7) is 1.73. The SMILES string of the molecule is CCOC(=O)c1cn([C@@H]2C(=O)N(S(=O)(=O)O)[C@H]2CSCC(=O)OC)nn1. The van der Waals surface area contributed by atoms with Crippen molar-refractivity contribution < 1.29 is 36.8 Å². The first kappa shape index (κ1) is 20.1. The topological polar surface area (TPSA) is 158 Å². The Morgan fingerprint density at radius 1 is 1.42 bits per heavy atom. The smallest absolute Gasteiger partial charge is 0.362 e. The normalized spacial score (nSPS) is 19.8. The number of aromatic nitrogens is 3. The minimum atomic E-state index is -4.78. The van der Waals surface area contributed by atoms with E-state index in [2.05, 4.69) is 15.0 Å². The van der Waals surface area contributed by atoms with E-state index in [0.717, 1.165) is 22.6 Å². The second-order valence-electron chi connectivity index (χ2n) is 5.02. The fraction of sp³-hybridized carbons (Fsp3) is 0.583. The molecule has 1 amide bonds. The standard InChI is InChI=1S/C12H16N4O8S2/c1-3-24-12(19)7-4-15(14-13-7)10-8(5-25-6-9(17)23-2)16(11(10)18)26(20,21)22/h4,8,10H,3,5-6H2,1-2H3,(H,20,21,22)/t8-,10-/m0/s1. The zero-order valence-electron chi connectivity index (χ0n) is 13.8. The van der Waals surface area contributed by atoms with Gasteiger partial charge in [0.25, 0.3) is 5.91 Å². The minimum absolute atomic E-state index is 0.000103. The van der Waals surface area contributed by atoms with E-state index in [1.807, 2.05) is 0 Å². The fourth-order valence-electron chi connectivity index (χ4n) is 2.27. The molecular weight excluding hydrogens is 392 g/mol. The number of carbonyl (C=O) groups is 3. The number of rotatable bonds is 8. The molecule has 1 aliphatic heterocycles. The van der Waals surface area contributed by atoms with Gasteiger partial charge in [-0.05, 0) is 6.92 Å². The van der Waals surface area contributed by atoms with Crippen molar-refractivity contribution in [3.63, 3.8) is 0 Å². The Morgan fingerprint density at radius 2 is 2.12 bits per heavy atom. The highest BCUT2D eigenvalue weighted by Crippen LogP contribution is 2.35. The van der Waals surface area contributed by atoms with Crippen molar-refractivity contribution in [2.75, 3.05) is 25.2 Å². The molecule has 26 heavy (non-hydrogen) atoms. The lowest BCUT2D eigenvalue weighted by Crippen LogP contribution is -2.64. The molecule has 1 N–H and O–H groups in total. The number of ether oxygens (including phenoxy) is 2. The fourth-order valence-corrected chi connectivity index (χ4v) is 4.21. The Bertz CT molecular complexity index is 808. The Hall–Kier alpha value is -2.19. The van der Waals surface area contributed by atoms with Crippen molar-refractivity contribution in [1.82, 2.24) is 19.3 Å². The summed E-state index contributed by atoms with van der Waals surface area (Å²) in [7, 11) is -3.57. The average molecular weight is 408 g/mol. The lowest BCUT2D eigenvalue weighted by molar-refractivity contribution is -0.144. The van der Waals surface area contributed by atoms with Crippen molar-refractivity contribution >= 4 is 39.9 Å². The molecule has 2 atom stereocenters. The predicted octanol–water partition coefficient (Wildman–Crippen LogP) is -1.08. The maximum Gasteiger partial charge on any atom is 0.362 e. The number of β-lactam (4-membered cyclic amide) rings is 1. The van der Waals surface area contributed by atoms with Gasteiger partial charge in [0.2, 0.25) is 0 Å². The van der Waals surface area contributed by atoms with E-state index in [-0.39, 0.29) is 23.8 Å². The maximum absolute atomic E-state index is 12.2. The van der Waals surface area contributed by atoms with Gasteiger partial charge in [-0.15, -0.1) is 16.9 Å². The van der Waals surface area contributed by atoms with Crippen LogP contribution in [-0.2, 0) is 29.4 Å². The van der Waals surface area contributed by atoms with Gasteiger partial charge < -0.3 is 9.47 Å². The zero-order chi connectivity index (χ0) is 19.5. The summed E-state index contributed by atoms with van der Waals surface area (Å²) in [6.07, 6.45) is 1.15. The molecule has 0 aromatic carbocycles. The molecule has 2 heterocycles. The van der Waals surface area contributed by atoms with Gasteiger partial charge in [-0.1, -0.05) is 5.21 Å². The van der Waals surface area contributed by atoms with Crippen LogP contribution in [0.15, 0.2) is 6.20 Å². The molecule has 0 aliphatic carbocycles. The molecule has 12 nitrogen and oxygen atoms in total. The van der Waals surface area contributed by atoms with Gasteiger partial charge in [0.05, 0.1) is 31.7 Å². The molecule has 14 heteroatoms. The van der Waals surface area contributed by atoms with E-state index in [1.54, 1.807) is 6.92 Å². The average Bonchev–Trinajstić information content (AvgIpc) is 3.01. The highest BCUT2D eigenvalue weighted by Gasteiger charge is 2.54. The second-order valence-corrected chi connectivity index (χ2v) is 7.34. The third-order valence-corrected chi connectivity index (χ3v) is 5.37. The lowest BCUT2D eigenvalue weighted by Gasteiger charge is -2.43. The summed E-state index contributed by atoms with van der Waals surface area (Å²) in [5.41, 5.74) is -0.147. The molecule has 0 saturated carbocycles. The van der Waals surface area contributed by atoms with E-state index in [1.165, 1.54) is 7.11 Å². The highest BCUT2D eigenvalue weighted by atomic mass is 32.2. The van der Waals surface area contributed by atoms with Crippen LogP contribution in [0.3, 0.4) is 0 Å². The van der Waals surface area contributed by atoms with Gasteiger partial charge in [-0.2, -0.15) is 8.42 Å². The van der Waals surface area contributed by atoms with Crippen molar-refractivity contribution in [2.45, 2.75) is 19.0 Å². The molecule has 1 aliphatic rings. The predicted molar refractivity (Wildman–Crippen MR) is 86.5 cm³/mol. The lowest BCUT2D eigenvalue weighted by atomic mass is 10.0. The number of carbonyl (C=O) groups excluding carboxylic acids is 3. The Kier molecular flexibility index (Phi) is 6.20. The molecule has 1 aromatic heterocycles. The number of hydrogen-bond donors (Lipinski definition) is 1. The molecule has 144 valence electrons. The van der Waals surface area contributed by atoms with E-state index in [0.29, 0.717) is 4.31 Å². The molecule has 1 saturated heterocycles. The van der Waals surface area contributed by atoms with Crippen LogP contribution in [0.2, 0.25) is 0 Å². The summed E-state index contributed by atoms with van der Waals surface area (Å²) >= 11 is 1.01. The van der Waals surface area contributed by atoms with Crippen LogP contribution < -0.4 is 0 Å². The van der Waals surface area contributed by atoms with Crippen molar-refractivity contribution in [3.05, 3.63) is 11.9 Å². The van der Waals surface area contributed by atoms with Gasteiger partial charge >= 0.3 is 22.2 Å². The summed E-state index contributed by atoms with van der Waals surface area (Å²) in [5, 5.41) is 7.25. The third-order valence-electron chi connectivity index (χ3n) is 3.40. The van der Waals surface area contributed by atoms with Gasteiger partial charge in [0.1, 0.15) is 0 Å². The summed E-state index contributed by atoms with van der Waals surface area (Å²) < 4.78 is 42.6. The van der Waals surface area contributed by atoms with Crippen LogP contribution in [-0.4, -0.2) is 81.4 Å². The van der Waals surface area contributed by atoms with Crippen LogP contribution in [0.5, 0.6) is 0 Å². The van der Waals surface area contributed by atoms with Crippen molar-refractivity contribution in [2.24, 2.45) is 0 Å². The largest absolute Gasteiger partial charge is 0.468 e. The van der Waals surface area contributed by atoms with Crippen LogP contribution in [0.1, 0.15) is 23.5 Å². The first-order chi connectivity index (χ1) is 12.2. The summed E-state index contributed by atoms with van der Waals surface area (Å²) in [5.74, 6) is -2.27. The minimum Gasteiger partial charge on any atom is -0.468 e. The van der Waals surface area contributed by atoms with E-state index in [9.17, 15) is 27.4 Å². The summed E-state index contributed by atoms with van der Waals surface area (Å²) in [4.78, 5) is 35.0. The van der Waals surface area contributed by atoms with Gasteiger partial charge in [0.15, 0.2) is 11.7 Å². The third kappa shape index (κ3) is 4.13. The second kappa shape index (κ2) is 8.01. The van der Waals surface area contributed by atoms with Crippen molar-refractivity contribution in [3.8, 4) is 0 Å². The van der Waals surface area contributed by atoms with Gasteiger partial charge in [0, 0.05) is 5.75 Å². The molecule has 2 rings (SSSR count). The number of nitrogens with zero attached hydrogens (tertiary/aromatic N) is 4. The van der Waals surface area contributed by atoms with Crippen molar-refractivity contribution in [1.29, 1.82) is 0 Å². The molecule has 0 spiro atoms. The molecule has 0 radical (unpaired) electrons. The van der Waals surface area contributed by atoms with Gasteiger partial charge in [-0.25, -0.2) is 13.8 Å². The zero-order valence-corrected chi connectivity index (χ0v) is 15.4. The molecular formula is C12H16N4O8S2. The Balaban J connectivity index is 2.18. The number of methoxy groups -OCH3 is 1. The van der Waals surface area contributed by atoms with Crippen LogP contribution >= 0.6 is 11.8 Å². The summed E-state index contributed by atoms with van der Waals surface area (Å²) in [6, 6.07) is -2.11. The maximum atomic E-state index is 12.2. The number of thioether (sulfide) groups is 1. The first-order valence-corrected chi connectivity index (χ1v) is 9.80.